The Hall–Kier alpha value is -1.55. The normalized spacial score (nSPS) is 23.1. The van der Waals surface area contributed by atoms with E-state index in [1.807, 2.05) is 44.2 Å². The van der Waals surface area contributed by atoms with Gasteiger partial charge in [-0.05, 0) is 63.7 Å². The molecule has 1 atom stereocenters. The summed E-state index contributed by atoms with van der Waals surface area (Å²) in [5.41, 5.74) is -0.118. The number of hydrogen-bond acceptors (Lipinski definition) is 3. The fraction of sp³-hybridized carbons (Fsp3) is 0.611. The summed E-state index contributed by atoms with van der Waals surface area (Å²) in [5, 5.41) is 6.46. The van der Waals surface area contributed by atoms with E-state index < -0.39 is 5.60 Å². The number of nitrogens with one attached hydrogen (secondary N) is 2. The average molecular weight is 302 g/mol. The highest BCUT2D eigenvalue weighted by Crippen LogP contribution is 2.58. The first-order valence-electron chi connectivity index (χ1n) is 8.23. The van der Waals surface area contributed by atoms with Gasteiger partial charge < -0.3 is 15.4 Å². The van der Waals surface area contributed by atoms with E-state index >= 15 is 0 Å². The molecule has 0 radical (unpaired) electrons. The van der Waals surface area contributed by atoms with E-state index in [1.54, 1.807) is 0 Å². The number of para-hydroxylation sites is 1. The van der Waals surface area contributed by atoms with Gasteiger partial charge >= 0.3 is 0 Å². The molecule has 1 aliphatic heterocycles. The minimum Gasteiger partial charge on any atom is -0.486 e. The van der Waals surface area contributed by atoms with Gasteiger partial charge in [-0.3, -0.25) is 4.79 Å². The van der Waals surface area contributed by atoms with E-state index in [2.05, 4.69) is 10.6 Å². The Morgan fingerprint density at radius 3 is 2.68 bits per heavy atom. The summed E-state index contributed by atoms with van der Waals surface area (Å²) < 4.78 is 5.96. The maximum absolute atomic E-state index is 12.4. The van der Waals surface area contributed by atoms with Gasteiger partial charge in [-0.2, -0.15) is 0 Å². The summed E-state index contributed by atoms with van der Waals surface area (Å²) in [5.74, 6) is 1.25. The summed E-state index contributed by atoms with van der Waals surface area (Å²) >= 11 is 0. The van der Waals surface area contributed by atoms with Gasteiger partial charge in [0.1, 0.15) is 11.4 Å². The van der Waals surface area contributed by atoms with Crippen LogP contribution in [-0.4, -0.2) is 31.1 Å². The molecule has 22 heavy (non-hydrogen) atoms. The molecule has 1 saturated carbocycles. The Morgan fingerprint density at radius 1 is 1.32 bits per heavy atom. The molecule has 0 aromatic heterocycles. The Balaban J connectivity index is 1.48. The summed E-state index contributed by atoms with van der Waals surface area (Å²) in [6.45, 7) is 6.64. The van der Waals surface area contributed by atoms with Gasteiger partial charge in [-0.15, -0.1) is 0 Å². The van der Waals surface area contributed by atoms with Crippen LogP contribution < -0.4 is 15.4 Å². The number of rotatable bonds is 5. The standard InChI is InChI=1S/C18H26N2O2/c1-17(2,22-14-6-4-3-5-7-14)13-20-16(21)15-12-18(15)8-10-19-11-9-18/h3-7,15,19H,8-13H2,1-2H3,(H,20,21). The molecule has 2 fully saturated rings. The molecule has 0 bridgehead atoms. The molecule has 1 saturated heterocycles. The molecular formula is C18H26N2O2. The Kier molecular flexibility index (Phi) is 4.13. The van der Waals surface area contributed by atoms with Crippen molar-refractivity contribution in [2.24, 2.45) is 11.3 Å². The zero-order chi connectivity index (χ0) is 15.6. The van der Waals surface area contributed by atoms with Crippen LogP contribution in [0.1, 0.15) is 33.1 Å². The second kappa shape index (κ2) is 5.92. The molecule has 1 aromatic carbocycles. The van der Waals surface area contributed by atoms with E-state index in [1.165, 1.54) is 0 Å². The summed E-state index contributed by atoms with van der Waals surface area (Å²) in [4.78, 5) is 12.4. The number of carbonyl (C=O) groups excluding carboxylic acids is 1. The molecule has 4 heteroatoms. The van der Waals surface area contributed by atoms with Crippen LogP contribution in [-0.2, 0) is 4.79 Å². The van der Waals surface area contributed by atoms with E-state index in [4.69, 9.17) is 4.74 Å². The van der Waals surface area contributed by atoms with Crippen LogP contribution >= 0.6 is 0 Å². The van der Waals surface area contributed by atoms with Crippen molar-refractivity contribution in [3.8, 4) is 5.75 Å². The third-order valence-electron chi connectivity index (χ3n) is 4.93. The number of benzene rings is 1. The summed E-state index contributed by atoms with van der Waals surface area (Å²) in [6.07, 6.45) is 3.32. The molecule has 1 unspecified atom stereocenters. The van der Waals surface area contributed by atoms with Crippen molar-refractivity contribution in [2.45, 2.75) is 38.7 Å². The van der Waals surface area contributed by atoms with E-state index in [9.17, 15) is 4.79 Å². The molecule has 2 N–H and O–H groups in total. The Bertz CT molecular complexity index is 521. The highest BCUT2D eigenvalue weighted by atomic mass is 16.5. The lowest BCUT2D eigenvalue weighted by Gasteiger charge is -2.27. The third-order valence-corrected chi connectivity index (χ3v) is 4.93. The van der Waals surface area contributed by atoms with Crippen LogP contribution in [0.3, 0.4) is 0 Å². The minimum atomic E-state index is -0.410. The first kappa shape index (κ1) is 15.3. The molecule has 1 aliphatic carbocycles. The van der Waals surface area contributed by atoms with Gasteiger partial charge in [0.15, 0.2) is 0 Å². The Labute approximate surface area is 132 Å². The molecule has 1 heterocycles. The fourth-order valence-corrected chi connectivity index (χ4v) is 3.46. The predicted octanol–water partition coefficient (Wildman–Crippen LogP) is 2.35. The van der Waals surface area contributed by atoms with Crippen LogP contribution in [0.2, 0.25) is 0 Å². The van der Waals surface area contributed by atoms with Crippen molar-refractivity contribution in [3.05, 3.63) is 30.3 Å². The SMILES string of the molecule is CC(C)(CNC(=O)C1CC12CCNCC2)Oc1ccccc1. The topological polar surface area (TPSA) is 50.4 Å². The lowest BCUT2D eigenvalue weighted by atomic mass is 9.91. The van der Waals surface area contributed by atoms with Gasteiger partial charge in [0.2, 0.25) is 5.91 Å². The number of ether oxygens (including phenoxy) is 1. The van der Waals surface area contributed by atoms with Crippen molar-refractivity contribution >= 4 is 5.91 Å². The number of hydrogen-bond donors (Lipinski definition) is 2. The summed E-state index contributed by atoms with van der Waals surface area (Å²) in [7, 11) is 0. The molecule has 1 amide bonds. The molecule has 4 nitrogen and oxygen atoms in total. The quantitative estimate of drug-likeness (QED) is 0.878. The van der Waals surface area contributed by atoms with Crippen LogP contribution in [0.5, 0.6) is 5.75 Å². The molecule has 1 aromatic rings. The van der Waals surface area contributed by atoms with Crippen molar-refractivity contribution in [1.82, 2.24) is 10.6 Å². The predicted molar refractivity (Wildman–Crippen MR) is 86.8 cm³/mol. The van der Waals surface area contributed by atoms with Crippen molar-refractivity contribution in [2.75, 3.05) is 19.6 Å². The highest BCUT2D eigenvalue weighted by Gasteiger charge is 2.57. The second-order valence-electron chi connectivity index (χ2n) is 7.26. The maximum Gasteiger partial charge on any atom is 0.223 e. The van der Waals surface area contributed by atoms with Crippen LogP contribution in [0.4, 0.5) is 0 Å². The van der Waals surface area contributed by atoms with Crippen LogP contribution in [0.25, 0.3) is 0 Å². The number of amides is 1. The first-order valence-corrected chi connectivity index (χ1v) is 8.23. The van der Waals surface area contributed by atoms with Gasteiger partial charge in [-0.25, -0.2) is 0 Å². The van der Waals surface area contributed by atoms with Gasteiger partial charge in [0.25, 0.3) is 0 Å². The second-order valence-corrected chi connectivity index (χ2v) is 7.26. The molecule has 1 spiro atoms. The highest BCUT2D eigenvalue weighted by molar-refractivity contribution is 5.82. The van der Waals surface area contributed by atoms with E-state index in [0.717, 1.165) is 38.1 Å². The van der Waals surface area contributed by atoms with Crippen molar-refractivity contribution in [1.29, 1.82) is 0 Å². The number of piperidine rings is 1. The van der Waals surface area contributed by atoms with E-state index in [0.29, 0.717) is 12.0 Å². The smallest absolute Gasteiger partial charge is 0.223 e. The first-order chi connectivity index (χ1) is 10.5. The Morgan fingerprint density at radius 2 is 2.00 bits per heavy atom. The van der Waals surface area contributed by atoms with Crippen LogP contribution in [0, 0.1) is 11.3 Å². The average Bonchev–Trinajstić information content (AvgIpc) is 3.19. The van der Waals surface area contributed by atoms with Crippen LogP contribution in [0.15, 0.2) is 30.3 Å². The van der Waals surface area contributed by atoms with Crippen molar-refractivity contribution < 1.29 is 9.53 Å². The largest absolute Gasteiger partial charge is 0.486 e. The lowest BCUT2D eigenvalue weighted by Crippen LogP contribution is -2.44. The van der Waals surface area contributed by atoms with Crippen molar-refractivity contribution in [3.63, 3.8) is 0 Å². The molecule has 120 valence electrons. The number of carbonyl (C=O) groups is 1. The van der Waals surface area contributed by atoms with Gasteiger partial charge in [0.05, 0.1) is 6.54 Å². The monoisotopic (exact) mass is 302 g/mol. The van der Waals surface area contributed by atoms with E-state index in [-0.39, 0.29) is 11.8 Å². The lowest BCUT2D eigenvalue weighted by molar-refractivity contribution is -0.124. The molecular weight excluding hydrogens is 276 g/mol. The zero-order valence-corrected chi connectivity index (χ0v) is 13.5. The summed E-state index contributed by atoms with van der Waals surface area (Å²) in [6, 6.07) is 9.75. The van der Waals surface area contributed by atoms with Gasteiger partial charge in [0, 0.05) is 5.92 Å². The molecule has 3 rings (SSSR count). The van der Waals surface area contributed by atoms with Gasteiger partial charge in [-0.1, -0.05) is 18.2 Å². The maximum atomic E-state index is 12.4. The fourth-order valence-electron chi connectivity index (χ4n) is 3.46. The molecule has 2 aliphatic rings. The zero-order valence-electron chi connectivity index (χ0n) is 13.5. The third kappa shape index (κ3) is 3.43. The minimum absolute atomic E-state index is 0.201.